The Balaban J connectivity index is 1.58. The van der Waals surface area contributed by atoms with Gasteiger partial charge in [-0.15, -0.1) is 0 Å². The number of carbonyl (C=O) groups excluding carboxylic acids is 1. The molecule has 0 bridgehead atoms. The highest BCUT2D eigenvalue weighted by Crippen LogP contribution is 2.52. The standard InChI is InChI=1S/C29H27F5N2O/c1-17-12-21(13-18(2)35-17)26(37)36-11-10-28(16-19-4-7-23(30)8-5-19)24-9-6-22(14-20(24)15-25(28)36)27(3,31)29(32,33)34/h4-9,12-14,25H,10-11,15-16H2,1-3H3. The van der Waals surface area contributed by atoms with E-state index in [1.165, 1.54) is 24.3 Å². The summed E-state index contributed by atoms with van der Waals surface area (Å²) in [7, 11) is 0. The summed E-state index contributed by atoms with van der Waals surface area (Å²) in [6, 6.07) is 13.4. The first-order valence-corrected chi connectivity index (χ1v) is 12.2. The number of aromatic nitrogens is 1. The zero-order valence-electron chi connectivity index (χ0n) is 20.8. The van der Waals surface area contributed by atoms with Crippen molar-refractivity contribution in [2.24, 2.45) is 0 Å². The van der Waals surface area contributed by atoms with E-state index in [4.69, 9.17) is 0 Å². The molecule has 0 spiro atoms. The largest absolute Gasteiger partial charge is 0.426 e. The summed E-state index contributed by atoms with van der Waals surface area (Å²) in [6.45, 7) is 4.63. The molecule has 3 unspecified atom stereocenters. The molecule has 5 rings (SSSR count). The molecule has 0 saturated carbocycles. The quantitative estimate of drug-likeness (QED) is 0.371. The average Bonchev–Trinajstić information content (AvgIpc) is 3.31. The lowest BCUT2D eigenvalue weighted by Crippen LogP contribution is -2.44. The Bertz CT molecular complexity index is 1350. The first-order valence-electron chi connectivity index (χ1n) is 12.2. The third-order valence-electron chi connectivity index (χ3n) is 7.96. The second-order valence-electron chi connectivity index (χ2n) is 10.4. The lowest BCUT2D eigenvalue weighted by Gasteiger charge is -2.34. The smallest absolute Gasteiger partial charge is 0.334 e. The molecular weight excluding hydrogens is 487 g/mol. The van der Waals surface area contributed by atoms with E-state index in [0.29, 0.717) is 55.2 Å². The highest BCUT2D eigenvalue weighted by molar-refractivity contribution is 5.95. The van der Waals surface area contributed by atoms with Crippen molar-refractivity contribution in [1.29, 1.82) is 0 Å². The zero-order valence-corrected chi connectivity index (χ0v) is 20.8. The highest BCUT2D eigenvalue weighted by Gasteiger charge is 2.57. The number of hydrogen-bond acceptors (Lipinski definition) is 2. The number of halogens is 5. The van der Waals surface area contributed by atoms with Gasteiger partial charge in [0.05, 0.1) is 0 Å². The molecule has 3 atom stereocenters. The van der Waals surface area contributed by atoms with Gasteiger partial charge in [0.1, 0.15) is 5.82 Å². The van der Waals surface area contributed by atoms with Gasteiger partial charge in [-0.1, -0.05) is 30.3 Å². The molecule has 1 aromatic heterocycles. The second kappa shape index (κ2) is 8.64. The molecule has 1 fully saturated rings. The maximum atomic E-state index is 14.8. The zero-order chi connectivity index (χ0) is 26.8. The van der Waals surface area contributed by atoms with Crippen molar-refractivity contribution in [3.05, 3.63) is 99.6 Å². The Kier molecular flexibility index (Phi) is 5.92. The number of rotatable bonds is 4. The van der Waals surface area contributed by atoms with Crippen molar-refractivity contribution in [2.75, 3.05) is 6.54 Å². The molecule has 2 aromatic carbocycles. The molecule has 0 N–H and O–H groups in total. The van der Waals surface area contributed by atoms with Crippen molar-refractivity contribution >= 4 is 5.91 Å². The predicted octanol–water partition coefficient (Wildman–Crippen LogP) is 6.54. The van der Waals surface area contributed by atoms with Crippen molar-refractivity contribution < 1.29 is 26.7 Å². The molecule has 0 radical (unpaired) electrons. The van der Waals surface area contributed by atoms with E-state index in [-0.39, 0.29) is 17.8 Å². The fraction of sp³-hybridized carbons (Fsp3) is 0.379. The minimum Gasteiger partial charge on any atom is -0.334 e. The van der Waals surface area contributed by atoms with Crippen LogP contribution in [0.4, 0.5) is 22.0 Å². The molecule has 1 aliphatic heterocycles. The molecular formula is C29H27F5N2O. The van der Waals surface area contributed by atoms with Crippen LogP contribution in [0.1, 0.15) is 57.3 Å². The molecule has 3 aromatic rings. The van der Waals surface area contributed by atoms with Gasteiger partial charge in [-0.25, -0.2) is 8.78 Å². The highest BCUT2D eigenvalue weighted by atomic mass is 19.4. The number of fused-ring (bicyclic) bond motifs is 3. The minimum absolute atomic E-state index is 0.168. The maximum absolute atomic E-state index is 14.8. The van der Waals surface area contributed by atoms with Crippen LogP contribution in [0.2, 0.25) is 0 Å². The van der Waals surface area contributed by atoms with Gasteiger partial charge in [0.2, 0.25) is 5.67 Å². The Labute approximate surface area is 212 Å². The van der Waals surface area contributed by atoms with E-state index in [2.05, 4.69) is 4.98 Å². The van der Waals surface area contributed by atoms with Gasteiger partial charge < -0.3 is 4.90 Å². The maximum Gasteiger partial charge on any atom is 0.426 e. The van der Waals surface area contributed by atoms with E-state index >= 15 is 0 Å². The predicted molar refractivity (Wildman–Crippen MR) is 130 cm³/mol. The number of likely N-dealkylation sites (tertiary alicyclic amines) is 1. The van der Waals surface area contributed by atoms with Gasteiger partial charge in [0.15, 0.2) is 0 Å². The third-order valence-corrected chi connectivity index (χ3v) is 7.96. The first-order chi connectivity index (χ1) is 17.3. The van der Waals surface area contributed by atoms with E-state index in [0.717, 1.165) is 11.1 Å². The van der Waals surface area contributed by atoms with Crippen LogP contribution in [-0.2, 0) is 23.9 Å². The molecule has 37 heavy (non-hydrogen) atoms. The molecule has 1 aliphatic carbocycles. The number of pyridine rings is 1. The van der Waals surface area contributed by atoms with Crippen LogP contribution in [0.15, 0.2) is 54.6 Å². The van der Waals surface area contributed by atoms with Crippen molar-refractivity contribution in [3.8, 4) is 0 Å². The average molecular weight is 515 g/mol. The normalized spacial score (nSPS) is 22.5. The molecule has 1 amide bonds. The van der Waals surface area contributed by atoms with Crippen molar-refractivity contribution in [1.82, 2.24) is 9.88 Å². The van der Waals surface area contributed by atoms with Crippen LogP contribution in [0.5, 0.6) is 0 Å². The first kappa shape index (κ1) is 25.4. The van der Waals surface area contributed by atoms with E-state index in [1.54, 1.807) is 35.2 Å². The van der Waals surface area contributed by atoms with Gasteiger partial charge in [0.25, 0.3) is 5.91 Å². The van der Waals surface area contributed by atoms with E-state index < -0.39 is 22.8 Å². The second-order valence-corrected chi connectivity index (χ2v) is 10.4. The fourth-order valence-corrected chi connectivity index (χ4v) is 6.11. The molecule has 194 valence electrons. The van der Waals surface area contributed by atoms with Gasteiger partial charge in [-0.3, -0.25) is 9.78 Å². The van der Waals surface area contributed by atoms with Crippen LogP contribution >= 0.6 is 0 Å². The third kappa shape index (κ3) is 4.20. The van der Waals surface area contributed by atoms with Gasteiger partial charge >= 0.3 is 6.18 Å². The number of hydrogen-bond donors (Lipinski definition) is 0. The summed E-state index contributed by atoms with van der Waals surface area (Å²) in [6.07, 6.45) is -3.68. The number of alkyl halides is 4. The monoisotopic (exact) mass is 514 g/mol. The van der Waals surface area contributed by atoms with Gasteiger partial charge in [-0.2, -0.15) is 13.2 Å². The molecule has 8 heteroatoms. The van der Waals surface area contributed by atoms with Crippen LogP contribution in [0, 0.1) is 19.7 Å². The topological polar surface area (TPSA) is 33.2 Å². The fourth-order valence-electron chi connectivity index (χ4n) is 6.11. The number of amides is 1. The molecule has 1 saturated heterocycles. The Hall–Kier alpha value is -3.29. The minimum atomic E-state index is -5.05. The number of benzene rings is 2. The Morgan fingerprint density at radius 2 is 1.68 bits per heavy atom. The molecule has 2 aliphatic rings. The summed E-state index contributed by atoms with van der Waals surface area (Å²) >= 11 is 0. The number of carbonyl (C=O) groups is 1. The lowest BCUT2D eigenvalue weighted by molar-refractivity contribution is -0.228. The number of nitrogens with zero attached hydrogens (tertiary/aromatic N) is 2. The summed E-state index contributed by atoms with van der Waals surface area (Å²) < 4.78 is 68.8. The SMILES string of the molecule is Cc1cc(C(=O)N2CCC3(Cc4ccc(F)cc4)c4ccc(C(C)(F)C(F)(F)F)cc4CC23)cc(C)n1. The van der Waals surface area contributed by atoms with Gasteiger partial charge in [0, 0.05) is 35.0 Å². The van der Waals surface area contributed by atoms with E-state index in [9.17, 15) is 26.7 Å². The summed E-state index contributed by atoms with van der Waals surface area (Å²) in [5, 5.41) is 0. The van der Waals surface area contributed by atoms with Crippen LogP contribution in [0.25, 0.3) is 0 Å². The molecule has 2 heterocycles. The van der Waals surface area contributed by atoms with E-state index in [1.807, 2.05) is 13.8 Å². The van der Waals surface area contributed by atoms with Gasteiger partial charge in [-0.05, 0) is 86.6 Å². The number of aryl methyl sites for hydroxylation is 2. The van der Waals surface area contributed by atoms with Crippen LogP contribution in [-0.4, -0.2) is 34.6 Å². The molecule has 3 nitrogen and oxygen atoms in total. The van der Waals surface area contributed by atoms with Crippen LogP contribution in [0.3, 0.4) is 0 Å². The Morgan fingerprint density at radius 1 is 1.03 bits per heavy atom. The van der Waals surface area contributed by atoms with Crippen molar-refractivity contribution in [3.63, 3.8) is 0 Å². The lowest BCUT2D eigenvalue weighted by atomic mass is 9.73. The van der Waals surface area contributed by atoms with Crippen molar-refractivity contribution in [2.45, 2.75) is 63.3 Å². The summed E-state index contributed by atoms with van der Waals surface area (Å²) in [5.41, 5.74) is -0.295. The summed E-state index contributed by atoms with van der Waals surface area (Å²) in [5.74, 6) is -0.534. The van der Waals surface area contributed by atoms with Crippen LogP contribution < -0.4 is 0 Å². The Morgan fingerprint density at radius 3 is 2.30 bits per heavy atom. The summed E-state index contributed by atoms with van der Waals surface area (Å²) in [4.78, 5) is 19.8.